The number of hydrogen-bond donors (Lipinski definition) is 2. The first kappa shape index (κ1) is 18.3. The Kier molecular flexibility index (Phi) is 5.61. The van der Waals surface area contributed by atoms with Gasteiger partial charge in [0.1, 0.15) is 0 Å². The molecule has 0 saturated heterocycles. The largest absolute Gasteiger partial charge is 0.350 e. The molecular weight excluding hydrogens is 344 g/mol. The van der Waals surface area contributed by atoms with Gasteiger partial charge in [0.05, 0.1) is 0 Å². The Balaban J connectivity index is 1.47. The lowest BCUT2D eigenvalue weighted by Gasteiger charge is -2.06. The summed E-state index contributed by atoms with van der Waals surface area (Å²) in [6.45, 7) is 4.48. The summed E-state index contributed by atoms with van der Waals surface area (Å²) in [4.78, 5) is 28.2. The number of aryl methyl sites for hydroxylation is 2. The van der Waals surface area contributed by atoms with Crippen molar-refractivity contribution in [1.29, 1.82) is 0 Å². The van der Waals surface area contributed by atoms with Crippen molar-refractivity contribution < 1.29 is 14.1 Å². The zero-order valence-electron chi connectivity index (χ0n) is 15.2. The van der Waals surface area contributed by atoms with Crippen LogP contribution in [-0.4, -0.2) is 35.0 Å². The Morgan fingerprint density at radius 1 is 0.852 bits per heavy atom. The molecule has 2 N–H and O–H groups in total. The summed E-state index contributed by atoms with van der Waals surface area (Å²) >= 11 is 0. The van der Waals surface area contributed by atoms with Gasteiger partial charge < -0.3 is 15.2 Å². The molecule has 0 saturated carbocycles. The molecular formula is C20H20N4O3. The smallest absolute Gasteiger partial charge is 0.316 e. The van der Waals surface area contributed by atoms with Gasteiger partial charge in [0.25, 0.3) is 5.91 Å². The molecule has 0 bridgehead atoms. The van der Waals surface area contributed by atoms with Crippen LogP contribution in [0.25, 0.3) is 11.4 Å². The van der Waals surface area contributed by atoms with Crippen molar-refractivity contribution >= 4 is 11.8 Å². The molecule has 0 aliphatic heterocycles. The van der Waals surface area contributed by atoms with Gasteiger partial charge in [-0.15, -0.1) is 0 Å². The van der Waals surface area contributed by atoms with Gasteiger partial charge in [0, 0.05) is 24.2 Å². The number of nitrogens with zero attached hydrogens (tertiary/aromatic N) is 2. The molecule has 0 radical (unpaired) electrons. The van der Waals surface area contributed by atoms with Gasteiger partial charge in [0.15, 0.2) is 0 Å². The molecule has 27 heavy (non-hydrogen) atoms. The van der Waals surface area contributed by atoms with E-state index in [1.165, 1.54) is 0 Å². The van der Waals surface area contributed by atoms with E-state index in [1.54, 1.807) is 12.1 Å². The first-order chi connectivity index (χ1) is 13.0. The molecule has 1 heterocycles. The molecule has 7 heteroatoms. The highest BCUT2D eigenvalue weighted by Crippen LogP contribution is 2.16. The Bertz CT molecular complexity index is 931. The van der Waals surface area contributed by atoms with Crippen LogP contribution in [0.1, 0.15) is 32.2 Å². The normalized spacial score (nSPS) is 10.4. The molecule has 0 unspecified atom stereocenters. The third-order valence-corrected chi connectivity index (χ3v) is 3.94. The number of benzene rings is 2. The van der Waals surface area contributed by atoms with Crippen LogP contribution in [0.5, 0.6) is 0 Å². The minimum absolute atomic E-state index is 0.115. The van der Waals surface area contributed by atoms with Crippen molar-refractivity contribution in [1.82, 2.24) is 20.8 Å². The van der Waals surface area contributed by atoms with Gasteiger partial charge in [-0.05, 0) is 26.0 Å². The van der Waals surface area contributed by atoms with Gasteiger partial charge in [0.2, 0.25) is 5.82 Å². The average molecular weight is 364 g/mol. The second kappa shape index (κ2) is 8.27. The highest BCUT2D eigenvalue weighted by molar-refractivity contribution is 5.94. The lowest BCUT2D eigenvalue weighted by atomic mass is 10.1. The quantitative estimate of drug-likeness (QED) is 0.655. The molecule has 0 spiro atoms. The SMILES string of the molecule is Cc1ccc(C(=O)NCCNC(=O)c2nc(-c3ccc(C)cc3)no2)cc1. The van der Waals surface area contributed by atoms with Crippen molar-refractivity contribution in [2.24, 2.45) is 0 Å². The van der Waals surface area contributed by atoms with Gasteiger partial charge in [-0.2, -0.15) is 4.98 Å². The van der Waals surface area contributed by atoms with Crippen LogP contribution >= 0.6 is 0 Å². The van der Waals surface area contributed by atoms with Crippen LogP contribution in [0.3, 0.4) is 0 Å². The van der Waals surface area contributed by atoms with E-state index in [0.717, 1.165) is 16.7 Å². The summed E-state index contributed by atoms with van der Waals surface area (Å²) in [5.41, 5.74) is 3.55. The predicted molar refractivity (Wildman–Crippen MR) is 100 cm³/mol. The monoisotopic (exact) mass is 364 g/mol. The number of aromatic nitrogens is 2. The zero-order valence-corrected chi connectivity index (χ0v) is 15.2. The van der Waals surface area contributed by atoms with Gasteiger partial charge >= 0.3 is 11.8 Å². The van der Waals surface area contributed by atoms with E-state index in [2.05, 4.69) is 20.8 Å². The second-order valence-corrected chi connectivity index (χ2v) is 6.17. The average Bonchev–Trinajstić information content (AvgIpc) is 3.16. The molecule has 2 amide bonds. The lowest BCUT2D eigenvalue weighted by molar-refractivity contribution is 0.0898. The number of carbonyl (C=O) groups is 2. The van der Waals surface area contributed by atoms with Crippen molar-refractivity contribution in [2.75, 3.05) is 13.1 Å². The number of nitrogens with one attached hydrogen (secondary N) is 2. The zero-order chi connectivity index (χ0) is 19.2. The van der Waals surface area contributed by atoms with E-state index >= 15 is 0 Å². The van der Waals surface area contributed by atoms with E-state index in [0.29, 0.717) is 11.4 Å². The topological polar surface area (TPSA) is 97.1 Å². The second-order valence-electron chi connectivity index (χ2n) is 6.17. The van der Waals surface area contributed by atoms with E-state index in [-0.39, 0.29) is 24.9 Å². The molecule has 0 aliphatic rings. The molecule has 2 aromatic carbocycles. The number of amides is 2. The Morgan fingerprint density at radius 3 is 2.04 bits per heavy atom. The van der Waals surface area contributed by atoms with Crippen molar-refractivity contribution in [3.05, 3.63) is 71.1 Å². The standard InChI is InChI=1S/C20H20N4O3/c1-13-3-7-15(8-4-13)17-23-20(27-24-17)19(26)22-12-11-21-18(25)16-9-5-14(2)6-10-16/h3-10H,11-12H2,1-2H3,(H,21,25)(H,22,26). The summed E-state index contributed by atoms with van der Waals surface area (Å²) in [7, 11) is 0. The fraction of sp³-hybridized carbons (Fsp3) is 0.200. The van der Waals surface area contributed by atoms with Gasteiger partial charge in [-0.1, -0.05) is 52.7 Å². The maximum atomic E-state index is 12.1. The maximum absolute atomic E-state index is 12.1. The minimum Gasteiger partial charge on any atom is -0.350 e. The molecule has 3 rings (SSSR count). The first-order valence-electron chi connectivity index (χ1n) is 8.57. The molecule has 0 atom stereocenters. The molecule has 3 aromatic rings. The van der Waals surface area contributed by atoms with Crippen LogP contribution < -0.4 is 10.6 Å². The number of hydrogen-bond acceptors (Lipinski definition) is 5. The summed E-state index contributed by atoms with van der Waals surface area (Å²) in [6, 6.07) is 14.9. The van der Waals surface area contributed by atoms with E-state index < -0.39 is 5.91 Å². The van der Waals surface area contributed by atoms with Gasteiger partial charge in [-0.25, -0.2) is 0 Å². The minimum atomic E-state index is -0.481. The highest BCUT2D eigenvalue weighted by atomic mass is 16.5. The predicted octanol–water partition coefficient (Wildman–Crippen LogP) is 2.51. The van der Waals surface area contributed by atoms with Crippen LogP contribution in [0, 0.1) is 13.8 Å². The molecule has 138 valence electrons. The number of carbonyl (C=O) groups excluding carboxylic acids is 2. The lowest BCUT2D eigenvalue weighted by Crippen LogP contribution is -2.34. The first-order valence-corrected chi connectivity index (χ1v) is 8.57. The van der Waals surface area contributed by atoms with Gasteiger partial charge in [-0.3, -0.25) is 9.59 Å². The summed E-state index contributed by atoms with van der Waals surface area (Å²) in [5.74, 6) is -0.433. The van der Waals surface area contributed by atoms with Crippen LogP contribution in [0.15, 0.2) is 53.1 Å². The van der Waals surface area contributed by atoms with E-state index in [9.17, 15) is 9.59 Å². The third kappa shape index (κ3) is 4.78. The van der Waals surface area contributed by atoms with Crippen LogP contribution in [-0.2, 0) is 0 Å². The molecule has 7 nitrogen and oxygen atoms in total. The molecule has 0 fully saturated rings. The fourth-order valence-corrected chi connectivity index (χ4v) is 2.37. The van der Waals surface area contributed by atoms with Crippen molar-refractivity contribution in [2.45, 2.75) is 13.8 Å². The molecule has 1 aromatic heterocycles. The summed E-state index contributed by atoms with van der Waals surface area (Å²) in [6.07, 6.45) is 0. The van der Waals surface area contributed by atoms with Crippen LogP contribution in [0.4, 0.5) is 0 Å². The maximum Gasteiger partial charge on any atom is 0.316 e. The Morgan fingerprint density at radius 2 is 1.41 bits per heavy atom. The third-order valence-electron chi connectivity index (χ3n) is 3.94. The van der Waals surface area contributed by atoms with E-state index in [4.69, 9.17) is 4.52 Å². The van der Waals surface area contributed by atoms with E-state index in [1.807, 2.05) is 50.2 Å². The molecule has 0 aliphatic carbocycles. The van der Waals surface area contributed by atoms with Crippen molar-refractivity contribution in [3.8, 4) is 11.4 Å². The summed E-state index contributed by atoms with van der Waals surface area (Å²) in [5, 5.41) is 9.20. The van der Waals surface area contributed by atoms with Crippen molar-refractivity contribution in [3.63, 3.8) is 0 Å². The highest BCUT2D eigenvalue weighted by Gasteiger charge is 2.15. The number of rotatable bonds is 6. The summed E-state index contributed by atoms with van der Waals surface area (Å²) < 4.78 is 5.01. The van der Waals surface area contributed by atoms with Crippen LogP contribution in [0.2, 0.25) is 0 Å². The Hall–Kier alpha value is -3.48. The Labute approximate surface area is 156 Å². The fourth-order valence-electron chi connectivity index (χ4n) is 2.37.